The number of pyridine rings is 1. The van der Waals surface area contributed by atoms with E-state index in [1.54, 1.807) is 59.7 Å². The van der Waals surface area contributed by atoms with Crippen molar-refractivity contribution in [2.75, 3.05) is 27.4 Å². The number of aliphatic hydroxyl groups is 1. The van der Waals surface area contributed by atoms with Crippen LogP contribution in [-0.2, 0) is 32.6 Å². The van der Waals surface area contributed by atoms with E-state index in [1.165, 1.54) is 0 Å². The van der Waals surface area contributed by atoms with E-state index in [2.05, 4.69) is 9.88 Å². The molecule has 3 aromatic rings. The molecule has 202 valence electrons. The first-order chi connectivity index (χ1) is 17.6. The van der Waals surface area contributed by atoms with E-state index in [9.17, 15) is 14.7 Å². The molecule has 0 fully saturated rings. The van der Waals surface area contributed by atoms with Crippen LogP contribution in [0.1, 0.15) is 37.9 Å². The minimum Gasteiger partial charge on any atom is -0.462 e. The maximum atomic E-state index is 12.4. The molecular formula is C27H38N4O6. The van der Waals surface area contributed by atoms with Gasteiger partial charge in [0.15, 0.2) is 0 Å². The molecule has 0 aliphatic rings. The third-order valence-electron chi connectivity index (χ3n) is 6.07. The van der Waals surface area contributed by atoms with E-state index in [1.807, 2.05) is 24.3 Å². The lowest BCUT2D eigenvalue weighted by molar-refractivity contribution is -0.152. The summed E-state index contributed by atoms with van der Waals surface area (Å²) in [4.78, 5) is 29.7. The molecule has 0 aliphatic carbocycles. The summed E-state index contributed by atoms with van der Waals surface area (Å²) in [7, 11) is 5.00. The van der Waals surface area contributed by atoms with Crippen LogP contribution in [0, 0.1) is 6.92 Å². The Balaban J connectivity index is 2.07. The van der Waals surface area contributed by atoms with Gasteiger partial charge in [-0.25, -0.2) is 4.98 Å². The summed E-state index contributed by atoms with van der Waals surface area (Å²) in [6, 6.07) is 6.65. The van der Waals surface area contributed by atoms with Crippen LogP contribution in [0.5, 0.6) is 0 Å². The molecule has 0 bridgehead atoms. The SMILES string of the molecule is COCC(COC)n1c(-c2cc(C)c(=O)n(C)c2)nc2ccc(CN[C@H](C(=O)OC(C)C)[C@@H](C)O)cc21. The van der Waals surface area contributed by atoms with Gasteiger partial charge in [-0.15, -0.1) is 0 Å². The lowest BCUT2D eigenvalue weighted by atomic mass is 10.1. The number of nitrogens with one attached hydrogen (secondary N) is 1. The lowest BCUT2D eigenvalue weighted by Gasteiger charge is -2.22. The predicted molar refractivity (Wildman–Crippen MR) is 141 cm³/mol. The van der Waals surface area contributed by atoms with Gasteiger partial charge in [-0.05, 0) is 51.5 Å². The predicted octanol–water partition coefficient (Wildman–Crippen LogP) is 2.33. The highest BCUT2D eigenvalue weighted by Crippen LogP contribution is 2.30. The first-order valence-corrected chi connectivity index (χ1v) is 12.4. The van der Waals surface area contributed by atoms with E-state index in [-0.39, 0.29) is 17.7 Å². The topological polar surface area (TPSA) is 117 Å². The molecule has 2 heterocycles. The molecule has 2 N–H and O–H groups in total. The van der Waals surface area contributed by atoms with Crippen molar-refractivity contribution in [3.63, 3.8) is 0 Å². The van der Waals surface area contributed by atoms with Crippen LogP contribution < -0.4 is 10.9 Å². The first-order valence-electron chi connectivity index (χ1n) is 12.4. The van der Waals surface area contributed by atoms with Crippen LogP contribution in [0.25, 0.3) is 22.4 Å². The standard InChI is InChI=1S/C27H38N4O6/c1-16(2)37-27(34)24(18(4)32)28-12-19-8-9-22-23(11-19)31(21(14-35-6)15-36-7)25(29-22)20-10-17(3)26(33)30(5)13-20/h8-11,13,16,18,21,24,28,32H,12,14-15H2,1-7H3/t18-,24+/m1/s1. The van der Waals surface area contributed by atoms with Crippen molar-refractivity contribution >= 4 is 17.0 Å². The summed E-state index contributed by atoms with van der Waals surface area (Å²) in [5.41, 5.74) is 3.89. The summed E-state index contributed by atoms with van der Waals surface area (Å²) >= 11 is 0. The number of rotatable bonds is 12. The molecule has 1 aromatic carbocycles. The number of hydrogen-bond acceptors (Lipinski definition) is 8. The highest BCUT2D eigenvalue weighted by atomic mass is 16.5. The molecule has 10 heteroatoms. The average molecular weight is 515 g/mol. The molecule has 0 spiro atoms. The Morgan fingerprint density at radius 2 is 1.81 bits per heavy atom. The number of fused-ring (bicyclic) bond motifs is 1. The summed E-state index contributed by atoms with van der Waals surface area (Å²) in [6.07, 6.45) is 0.576. The van der Waals surface area contributed by atoms with Crippen LogP contribution in [0.4, 0.5) is 0 Å². The van der Waals surface area contributed by atoms with Crippen molar-refractivity contribution in [1.29, 1.82) is 0 Å². The third-order valence-corrected chi connectivity index (χ3v) is 6.07. The highest BCUT2D eigenvalue weighted by Gasteiger charge is 2.26. The largest absolute Gasteiger partial charge is 0.462 e. The number of ether oxygens (including phenoxy) is 3. The van der Waals surface area contributed by atoms with Gasteiger partial charge in [0, 0.05) is 45.1 Å². The van der Waals surface area contributed by atoms with Crippen molar-refractivity contribution in [2.45, 2.75) is 58.5 Å². The molecule has 10 nitrogen and oxygen atoms in total. The number of carbonyl (C=O) groups is 1. The zero-order chi connectivity index (χ0) is 27.3. The number of methoxy groups -OCH3 is 2. The highest BCUT2D eigenvalue weighted by molar-refractivity contribution is 5.82. The minimum atomic E-state index is -0.923. The summed E-state index contributed by atoms with van der Waals surface area (Å²) in [6.45, 7) is 8.00. The molecule has 2 atom stereocenters. The number of nitrogens with zero attached hydrogens (tertiary/aromatic N) is 3. The molecule has 37 heavy (non-hydrogen) atoms. The monoisotopic (exact) mass is 514 g/mol. The molecule has 0 unspecified atom stereocenters. The molecular weight excluding hydrogens is 476 g/mol. The molecule has 0 amide bonds. The van der Waals surface area contributed by atoms with E-state index in [4.69, 9.17) is 19.2 Å². The van der Waals surface area contributed by atoms with Gasteiger partial charge in [0.25, 0.3) is 5.56 Å². The second-order valence-corrected chi connectivity index (χ2v) is 9.61. The van der Waals surface area contributed by atoms with Crippen LogP contribution >= 0.6 is 0 Å². The quantitative estimate of drug-likeness (QED) is 0.354. The number of carbonyl (C=O) groups excluding carboxylic acids is 1. The van der Waals surface area contributed by atoms with E-state index < -0.39 is 18.1 Å². The van der Waals surface area contributed by atoms with Crippen molar-refractivity contribution < 1.29 is 24.1 Å². The van der Waals surface area contributed by atoms with Gasteiger partial charge < -0.3 is 28.5 Å². The Morgan fingerprint density at radius 1 is 1.14 bits per heavy atom. The summed E-state index contributed by atoms with van der Waals surface area (Å²) in [5.74, 6) is 0.198. The average Bonchev–Trinajstić information content (AvgIpc) is 3.20. The molecule has 0 saturated carbocycles. The van der Waals surface area contributed by atoms with Gasteiger partial charge in [0.2, 0.25) is 0 Å². The second kappa shape index (κ2) is 12.5. The molecule has 0 saturated heterocycles. The first kappa shape index (κ1) is 28.5. The van der Waals surface area contributed by atoms with Gasteiger partial charge in [-0.2, -0.15) is 0 Å². The Hall–Kier alpha value is -3.05. The van der Waals surface area contributed by atoms with Gasteiger partial charge in [-0.3, -0.25) is 14.9 Å². The van der Waals surface area contributed by atoms with Crippen LogP contribution in [-0.4, -0.2) is 70.9 Å². The Morgan fingerprint density at radius 3 is 2.38 bits per heavy atom. The van der Waals surface area contributed by atoms with Crippen molar-refractivity contribution in [2.24, 2.45) is 7.05 Å². The maximum Gasteiger partial charge on any atom is 0.326 e. The van der Waals surface area contributed by atoms with Crippen LogP contribution in [0.2, 0.25) is 0 Å². The Bertz CT molecular complexity index is 1250. The van der Waals surface area contributed by atoms with Gasteiger partial charge in [0.1, 0.15) is 11.9 Å². The van der Waals surface area contributed by atoms with E-state index >= 15 is 0 Å². The maximum absolute atomic E-state index is 12.4. The Kier molecular flexibility index (Phi) is 9.61. The van der Waals surface area contributed by atoms with E-state index in [0.29, 0.717) is 31.1 Å². The van der Waals surface area contributed by atoms with Crippen molar-refractivity contribution in [1.82, 2.24) is 19.4 Å². The van der Waals surface area contributed by atoms with Crippen molar-refractivity contribution in [3.8, 4) is 11.4 Å². The summed E-state index contributed by atoms with van der Waals surface area (Å²) in [5, 5.41) is 13.3. The molecule has 0 aliphatic heterocycles. The fourth-order valence-electron chi connectivity index (χ4n) is 4.39. The Labute approximate surface area is 217 Å². The number of hydrogen-bond donors (Lipinski definition) is 2. The van der Waals surface area contributed by atoms with Crippen LogP contribution in [0.3, 0.4) is 0 Å². The smallest absolute Gasteiger partial charge is 0.326 e. The third kappa shape index (κ3) is 6.64. The number of imidazole rings is 1. The minimum absolute atomic E-state index is 0.0613. The molecule has 2 aromatic heterocycles. The number of aromatic nitrogens is 3. The van der Waals surface area contributed by atoms with E-state index in [0.717, 1.165) is 22.2 Å². The zero-order valence-electron chi connectivity index (χ0n) is 22.6. The molecule has 0 radical (unpaired) electrons. The fourth-order valence-corrected chi connectivity index (χ4v) is 4.39. The van der Waals surface area contributed by atoms with Gasteiger partial charge in [0.05, 0.1) is 42.5 Å². The second-order valence-electron chi connectivity index (χ2n) is 9.61. The lowest BCUT2D eigenvalue weighted by Crippen LogP contribution is -2.46. The van der Waals surface area contributed by atoms with Crippen LogP contribution in [0.15, 0.2) is 35.3 Å². The number of aliphatic hydroxyl groups excluding tert-OH is 1. The molecule has 3 rings (SSSR count). The zero-order valence-corrected chi connectivity index (χ0v) is 22.6. The fraction of sp³-hybridized carbons (Fsp3) is 0.519. The number of esters is 1. The number of benzene rings is 1. The van der Waals surface area contributed by atoms with Gasteiger partial charge in [-0.1, -0.05) is 6.07 Å². The van der Waals surface area contributed by atoms with Gasteiger partial charge >= 0.3 is 5.97 Å². The summed E-state index contributed by atoms with van der Waals surface area (Å²) < 4.78 is 19.9. The van der Waals surface area contributed by atoms with Crippen molar-refractivity contribution in [3.05, 3.63) is 51.9 Å². The normalized spacial score (nSPS) is 13.5. The number of aryl methyl sites for hydroxylation is 2.